The zero-order valence-electron chi connectivity index (χ0n) is 12.4. The highest BCUT2D eigenvalue weighted by molar-refractivity contribution is 5.43. The molecule has 0 saturated carbocycles. The summed E-state index contributed by atoms with van der Waals surface area (Å²) in [5.74, 6) is 0.692. The number of rotatable bonds is 6. The molecule has 0 aliphatic carbocycles. The number of hydrogen-bond acceptors (Lipinski definition) is 4. The molecule has 4 nitrogen and oxygen atoms in total. The van der Waals surface area contributed by atoms with Crippen LogP contribution in [0.2, 0.25) is 0 Å². The zero-order chi connectivity index (χ0) is 14.5. The molecule has 0 bridgehead atoms. The predicted octanol–water partition coefficient (Wildman–Crippen LogP) is 1.99. The predicted molar refractivity (Wildman–Crippen MR) is 79.3 cm³/mol. The fourth-order valence-electron chi connectivity index (χ4n) is 2.08. The van der Waals surface area contributed by atoms with E-state index in [-0.39, 0.29) is 12.0 Å². The molecular weight excluding hydrogens is 240 g/mol. The van der Waals surface area contributed by atoms with Crippen molar-refractivity contribution in [1.29, 1.82) is 0 Å². The van der Waals surface area contributed by atoms with Crippen LogP contribution in [-0.2, 0) is 0 Å². The van der Waals surface area contributed by atoms with Crippen molar-refractivity contribution in [2.24, 2.45) is 5.41 Å². The van der Waals surface area contributed by atoms with E-state index in [1.807, 2.05) is 19.2 Å². The van der Waals surface area contributed by atoms with Crippen LogP contribution >= 0.6 is 0 Å². The third-order valence-corrected chi connectivity index (χ3v) is 2.57. The van der Waals surface area contributed by atoms with Gasteiger partial charge < -0.3 is 20.5 Å². The van der Waals surface area contributed by atoms with Gasteiger partial charge in [0.1, 0.15) is 18.5 Å². The molecule has 0 heterocycles. The minimum absolute atomic E-state index is 0.225. The summed E-state index contributed by atoms with van der Waals surface area (Å²) in [5.41, 5.74) is 6.55. The SMILES string of the molecule is CN(CC(O)COc1cccc(N)c1)CC(C)(C)C. The highest BCUT2D eigenvalue weighted by atomic mass is 16.5. The first-order valence-electron chi connectivity index (χ1n) is 6.61. The van der Waals surface area contributed by atoms with Crippen LogP contribution in [0.3, 0.4) is 0 Å². The van der Waals surface area contributed by atoms with E-state index in [2.05, 4.69) is 25.7 Å². The van der Waals surface area contributed by atoms with Gasteiger partial charge in [-0.15, -0.1) is 0 Å². The van der Waals surface area contributed by atoms with Gasteiger partial charge in [0.05, 0.1) is 0 Å². The number of aliphatic hydroxyl groups excluding tert-OH is 1. The standard InChI is InChI=1S/C15H26N2O2/c1-15(2,3)11-17(4)9-13(18)10-19-14-7-5-6-12(16)8-14/h5-8,13,18H,9-11,16H2,1-4H3. The van der Waals surface area contributed by atoms with E-state index in [0.717, 1.165) is 6.54 Å². The van der Waals surface area contributed by atoms with Gasteiger partial charge in [-0.1, -0.05) is 26.8 Å². The fourth-order valence-corrected chi connectivity index (χ4v) is 2.08. The van der Waals surface area contributed by atoms with Crippen LogP contribution in [0.4, 0.5) is 5.69 Å². The molecule has 1 aromatic carbocycles. The molecule has 19 heavy (non-hydrogen) atoms. The molecule has 1 aromatic rings. The number of hydrogen-bond donors (Lipinski definition) is 2. The van der Waals surface area contributed by atoms with Crippen LogP contribution in [0.15, 0.2) is 24.3 Å². The van der Waals surface area contributed by atoms with Crippen molar-refractivity contribution in [3.63, 3.8) is 0 Å². The molecule has 0 aliphatic heterocycles. The Bertz CT molecular complexity index is 388. The second kappa shape index (κ2) is 6.78. The smallest absolute Gasteiger partial charge is 0.121 e. The number of likely N-dealkylation sites (N-methyl/N-ethyl adjacent to an activating group) is 1. The first kappa shape index (κ1) is 15.8. The molecule has 1 atom stereocenters. The summed E-state index contributed by atoms with van der Waals surface area (Å²) < 4.78 is 5.52. The second-order valence-corrected chi connectivity index (χ2v) is 6.29. The monoisotopic (exact) mass is 266 g/mol. The summed E-state index contributed by atoms with van der Waals surface area (Å²) in [6.45, 7) is 8.34. The Balaban J connectivity index is 2.33. The Kier molecular flexibility index (Phi) is 5.63. The third-order valence-electron chi connectivity index (χ3n) is 2.57. The Morgan fingerprint density at radius 1 is 1.37 bits per heavy atom. The zero-order valence-corrected chi connectivity index (χ0v) is 12.4. The molecule has 1 unspecified atom stereocenters. The normalized spacial score (nSPS) is 13.6. The molecule has 1 rings (SSSR count). The van der Waals surface area contributed by atoms with Crippen molar-refractivity contribution in [2.75, 3.05) is 32.5 Å². The number of benzene rings is 1. The van der Waals surface area contributed by atoms with Crippen molar-refractivity contribution in [3.8, 4) is 5.75 Å². The van der Waals surface area contributed by atoms with Crippen LogP contribution in [0.25, 0.3) is 0 Å². The summed E-state index contributed by atoms with van der Waals surface area (Å²) in [7, 11) is 2.01. The average Bonchev–Trinajstić information content (AvgIpc) is 2.23. The lowest BCUT2D eigenvalue weighted by molar-refractivity contribution is 0.0667. The van der Waals surface area contributed by atoms with Crippen LogP contribution in [0.5, 0.6) is 5.75 Å². The average molecular weight is 266 g/mol. The van der Waals surface area contributed by atoms with Crippen molar-refractivity contribution < 1.29 is 9.84 Å². The van der Waals surface area contributed by atoms with Crippen LogP contribution < -0.4 is 10.5 Å². The lowest BCUT2D eigenvalue weighted by atomic mass is 9.96. The first-order chi connectivity index (χ1) is 8.76. The van der Waals surface area contributed by atoms with Gasteiger partial charge in [0.15, 0.2) is 0 Å². The molecule has 3 N–H and O–H groups in total. The molecule has 0 saturated heterocycles. The largest absolute Gasteiger partial charge is 0.491 e. The van der Waals surface area contributed by atoms with Crippen molar-refractivity contribution in [3.05, 3.63) is 24.3 Å². The summed E-state index contributed by atoms with van der Waals surface area (Å²) in [5, 5.41) is 9.95. The number of anilines is 1. The van der Waals surface area contributed by atoms with E-state index in [0.29, 0.717) is 18.0 Å². The maximum atomic E-state index is 9.95. The van der Waals surface area contributed by atoms with Gasteiger partial charge in [0.25, 0.3) is 0 Å². The maximum Gasteiger partial charge on any atom is 0.121 e. The van der Waals surface area contributed by atoms with Gasteiger partial charge in [0, 0.05) is 24.8 Å². The summed E-state index contributed by atoms with van der Waals surface area (Å²) in [6.07, 6.45) is -0.506. The summed E-state index contributed by atoms with van der Waals surface area (Å²) in [6, 6.07) is 7.23. The summed E-state index contributed by atoms with van der Waals surface area (Å²) in [4.78, 5) is 2.12. The van der Waals surface area contributed by atoms with Crippen molar-refractivity contribution in [1.82, 2.24) is 4.90 Å². The Morgan fingerprint density at radius 2 is 2.05 bits per heavy atom. The minimum atomic E-state index is -0.506. The van der Waals surface area contributed by atoms with Gasteiger partial charge in [-0.3, -0.25) is 0 Å². The highest BCUT2D eigenvalue weighted by Gasteiger charge is 2.16. The molecule has 0 radical (unpaired) electrons. The molecule has 0 amide bonds. The van der Waals surface area contributed by atoms with E-state index in [9.17, 15) is 5.11 Å². The molecule has 0 spiro atoms. The quantitative estimate of drug-likeness (QED) is 0.773. The number of aliphatic hydroxyl groups is 1. The van der Waals surface area contributed by atoms with Crippen LogP contribution in [-0.4, -0.2) is 42.9 Å². The van der Waals surface area contributed by atoms with Crippen molar-refractivity contribution >= 4 is 5.69 Å². The van der Waals surface area contributed by atoms with E-state index >= 15 is 0 Å². The highest BCUT2D eigenvalue weighted by Crippen LogP contribution is 2.16. The third kappa shape index (κ3) is 7.03. The van der Waals surface area contributed by atoms with Crippen molar-refractivity contribution in [2.45, 2.75) is 26.9 Å². The van der Waals surface area contributed by atoms with Crippen LogP contribution in [0.1, 0.15) is 20.8 Å². The van der Waals surface area contributed by atoms with Gasteiger partial charge in [-0.05, 0) is 24.6 Å². The summed E-state index contributed by atoms with van der Waals surface area (Å²) >= 11 is 0. The van der Waals surface area contributed by atoms with Gasteiger partial charge in [-0.2, -0.15) is 0 Å². The van der Waals surface area contributed by atoms with E-state index in [4.69, 9.17) is 10.5 Å². The molecule has 0 fully saturated rings. The molecule has 0 aliphatic rings. The van der Waals surface area contributed by atoms with Gasteiger partial charge in [0.2, 0.25) is 0 Å². The first-order valence-corrected chi connectivity index (χ1v) is 6.61. The number of nitrogens with zero attached hydrogens (tertiary/aromatic N) is 1. The Labute approximate surface area is 116 Å². The number of ether oxygens (including phenoxy) is 1. The van der Waals surface area contributed by atoms with E-state index < -0.39 is 6.10 Å². The molecular formula is C15H26N2O2. The molecule has 108 valence electrons. The Hall–Kier alpha value is -1.26. The van der Waals surface area contributed by atoms with Gasteiger partial charge in [-0.25, -0.2) is 0 Å². The fraction of sp³-hybridized carbons (Fsp3) is 0.600. The Morgan fingerprint density at radius 3 is 2.63 bits per heavy atom. The second-order valence-electron chi connectivity index (χ2n) is 6.29. The molecule has 4 heteroatoms. The molecule has 0 aromatic heterocycles. The lowest BCUT2D eigenvalue weighted by Gasteiger charge is -2.28. The van der Waals surface area contributed by atoms with Gasteiger partial charge >= 0.3 is 0 Å². The van der Waals surface area contributed by atoms with E-state index in [1.165, 1.54) is 0 Å². The minimum Gasteiger partial charge on any atom is -0.491 e. The maximum absolute atomic E-state index is 9.95. The lowest BCUT2D eigenvalue weighted by Crippen LogP contribution is -2.37. The van der Waals surface area contributed by atoms with E-state index in [1.54, 1.807) is 12.1 Å². The topological polar surface area (TPSA) is 58.7 Å². The number of nitrogen functional groups attached to an aromatic ring is 1. The van der Waals surface area contributed by atoms with Crippen LogP contribution in [0, 0.1) is 5.41 Å². The number of nitrogens with two attached hydrogens (primary N) is 1.